The van der Waals surface area contributed by atoms with Gasteiger partial charge in [-0.2, -0.15) is 5.10 Å². The van der Waals surface area contributed by atoms with Crippen molar-refractivity contribution in [3.8, 4) is 11.5 Å². The molecule has 0 saturated heterocycles. The molecule has 0 aliphatic heterocycles. The number of nitrogens with zero attached hydrogens (tertiary/aromatic N) is 1. The first-order valence-electron chi connectivity index (χ1n) is 10.5. The lowest BCUT2D eigenvalue weighted by Gasteiger charge is -2.09. The van der Waals surface area contributed by atoms with Crippen molar-refractivity contribution in [3.05, 3.63) is 88.4 Å². The highest BCUT2D eigenvalue weighted by molar-refractivity contribution is 9.10. The van der Waals surface area contributed by atoms with E-state index in [9.17, 15) is 14.4 Å². The number of amides is 3. The fraction of sp³-hybridized carbons (Fsp3) is 0.120. The molecule has 10 heteroatoms. The number of carbonyl (C=O) groups is 3. The molecule has 3 aromatic rings. The predicted octanol–water partition coefficient (Wildman–Crippen LogP) is 3.24. The number of para-hydroxylation sites is 1. The fourth-order valence-corrected chi connectivity index (χ4v) is 3.07. The van der Waals surface area contributed by atoms with Crippen molar-refractivity contribution in [3.63, 3.8) is 0 Å². The van der Waals surface area contributed by atoms with Crippen molar-refractivity contribution < 1.29 is 23.9 Å². The Morgan fingerprint density at radius 3 is 2.37 bits per heavy atom. The highest BCUT2D eigenvalue weighted by atomic mass is 79.9. The molecule has 0 radical (unpaired) electrons. The maximum Gasteiger partial charge on any atom is 0.329 e. The molecule has 0 unspecified atom stereocenters. The van der Waals surface area contributed by atoms with Gasteiger partial charge in [-0.05, 0) is 54.1 Å². The summed E-state index contributed by atoms with van der Waals surface area (Å²) in [7, 11) is 1.56. The first kappa shape index (κ1) is 25.4. The molecule has 3 rings (SSSR count). The number of nitrogens with one attached hydrogen (secondary N) is 3. The number of rotatable bonds is 9. The summed E-state index contributed by atoms with van der Waals surface area (Å²) in [6.07, 6.45) is 1.33. The third-order valence-corrected chi connectivity index (χ3v) is 5.12. The maximum absolute atomic E-state index is 12.2. The van der Waals surface area contributed by atoms with E-state index in [0.29, 0.717) is 22.7 Å². The van der Waals surface area contributed by atoms with Crippen LogP contribution in [0.5, 0.6) is 11.5 Å². The minimum atomic E-state index is -0.915. The quantitative estimate of drug-likeness (QED) is 0.219. The van der Waals surface area contributed by atoms with Crippen LogP contribution in [0.15, 0.2) is 82.4 Å². The van der Waals surface area contributed by atoms with Crippen LogP contribution in [0.2, 0.25) is 0 Å². The molecule has 0 heterocycles. The van der Waals surface area contributed by atoms with Crippen molar-refractivity contribution in [2.24, 2.45) is 5.10 Å². The van der Waals surface area contributed by atoms with Gasteiger partial charge in [0, 0.05) is 22.3 Å². The van der Waals surface area contributed by atoms with Crippen LogP contribution in [0.25, 0.3) is 0 Å². The number of halogens is 1. The number of anilines is 1. The van der Waals surface area contributed by atoms with Gasteiger partial charge in [-0.1, -0.05) is 40.2 Å². The molecule has 180 valence electrons. The summed E-state index contributed by atoms with van der Waals surface area (Å²) in [6.45, 7) is -0.0417. The zero-order valence-electron chi connectivity index (χ0n) is 18.8. The van der Waals surface area contributed by atoms with E-state index >= 15 is 0 Å². The molecular formula is C25H23BrN4O5. The molecule has 0 saturated carbocycles. The molecule has 3 aromatic carbocycles. The lowest BCUT2D eigenvalue weighted by molar-refractivity contribution is -0.139. The molecule has 3 N–H and O–H groups in total. The Hall–Kier alpha value is -4.18. The van der Waals surface area contributed by atoms with Gasteiger partial charge in [0.1, 0.15) is 11.5 Å². The van der Waals surface area contributed by atoms with Crippen LogP contribution in [0, 0.1) is 0 Å². The van der Waals surface area contributed by atoms with Crippen molar-refractivity contribution in [2.45, 2.75) is 6.54 Å². The van der Waals surface area contributed by atoms with E-state index in [1.165, 1.54) is 6.21 Å². The second-order valence-electron chi connectivity index (χ2n) is 7.11. The minimum Gasteiger partial charge on any atom is -0.497 e. The van der Waals surface area contributed by atoms with Gasteiger partial charge in [0.25, 0.3) is 5.91 Å². The Bertz CT molecular complexity index is 1200. The fourth-order valence-electron chi connectivity index (χ4n) is 2.81. The van der Waals surface area contributed by atoms with Crippen LogP contribution in [0.3, 0.4) is 0 Å². The number of benzene rings is 3. The highest BCUT2D eigenvalue weighted by Gasteiger charge is 2.12. The van der Waals surface area contributed by atoms with E-state index in [1.54, 1.807) is 67.8 Å². The Balaban J connectivity index is 1.47. The van der Waals surface area contributed by atoms with E-state index in [-0.39, 0.29) is 19.1 Å². The molecule has 0 spiro atoms. The second-order valence-corrected chi connectivity index (χ2v) is 8.03. The van der Waals surface area contributed by atoms with Crippen molar-refractivity contribution in [1.29, 1.82) is 0 Å². The molecule has 0 bridgehead atoms. The molecule has 0 aliphatic rings. The number of hydrogen-bond acceptors (Lipinski definition) is 6. The predicted molar refractivity (Wildman–Crippen MR) is 135 cm³/mol. The smallest absolute Gasteiger partial charge is 0.329 e. The maximum atomic E-state index is 12.2. The van der Waals surface area contributed by atoms with Crippen LogP contribution < -0.4 is 25.5 Å². The van der Waals surface area contributed by atoms with Crippen LogP contribution in [0.1, 0.15) is 11.1 Å². The van der Waals surface area contributed by atoms with Gasteiger partial charge in [-0.25, -0.2) is 5.43 Å². The Kier molecular flexibility index (Phi) is 9.38. The summed E-state index contributed by atoms with van der Waals surface area (Å²) in [5.74, 6) is -0.989. The van der Waals surface area contributed by atoms with E-state index in [1.807, 2.05) is 12.1 Å². The summed E-state index contributed by atoms with van der Waals surface area (Å²) in [4.78, 5) is 36.2. The van der Waals surface area contributed by atoms with E-state index < -0.39 is 11.8 Å². The Labute approximate surface area is 210 Å². The molecule has 0 aromatic heterocycles. The van der Waals surface area contributed by atoms with Crippen LogP contribution in [0.4, 0.5) is 5.69 Å². The summed E-state index contributed by atoms with van der Waals surface area (Å²) in [6, 6.07) is 21.1. The van der Waals surface area contributed by atoms with Crippen molar-refractivity contribution in [1.82, 2.24) is 10.7 Å². The van der Waals surface area contributed by atoms with Crippen molar-refractivity contribution in [2.75, 3.05) is 19.0 Å². The van der Waals surface area contributed by atoms with Gasteiger partial charge >= 0.3 is 11.8 Å². The molecule has 9 nitrogen and oxygen atoms in total. The van der Waals surface area contributed by atoms with Gasteiger partial charge in [-0.15, -0.1) is 0 Å². The van der Waals surface area contributed by atoms with Gasteiger partial charge in [-0.3, -0.25) is 14.4 Å². The van der Waals surface area contributed by atoms with Crippen LogP contribution >= 0.6 is 15.9 Å². The lowest BCUT2D eigenvalue weighted by atomic mass is 10.2. The summed E-state index contributed by atoms with van der Waals surface area (Å²) in [5, 5.41) is 9.06. The monoisotopic (exact) mass is 538 g/mol. The Morgan fingerprint density at radius 1 is 0.943 bits per heavy atom. The summed E-state index contributed by atoms with van der Waals surface area (Å²) >= 11 is 3.34. The molecule has 3 amide bonds. The summed E-state index contributed by atoms with van der Waals surface area (Å²) < 4.78 is 11.6. The highest BCUT2D eigenvalue weighted by Crippen LogP contribution is 2.17. The van der Waals surface area contributed by atoms with Gasteiger partial charge in [0.05, 0.1) is 13.3 Å². The molecule has 35 heavy (non-hydrogen) atoms. The van der Waals surface area contributed by atoms with Gasteiger partial charge in [0.2, 0.25) is 0 Å². The van der Waals surface area contributed by atoms with E-state index in [2.05, 4.69) is 37.1 Å². The van der Waals surface area contributed by atoms with Gasteiger partial charge in [0.15, 0.2) is 6.61 Å². The van der Waals surface area contributed by atoms with Gasteiger partial charge < -0.3 is 20.1 Å². The third-order valence-electron chi connectivity index (χ3n) is 4.59. The second kappa shape index (κ2) is 12.9. The standard InChI is InChI=1S/C25H23BrN4O5/c1-34-21-12-6-17(7-13-21)14-27-24(32)25(33)30-28-15-18-4-2-3-5-22(18)35-16-23(31)29-20-10-8-19(26)9-11-20/h2-13,15H,14,16H2,1H3,(H,27,32)(H,29,31)(H,30,33)/b28-15-. The summed E-state index contributed by atoms with van der Waals surface area (Å²) in [5.41, 5.74) is 4.15. The van der Waals surface area contributed by atoms with E-state index in [0.717, 1.165) is 10.0 Å². The average molecular weight is 539 g/mol. The molecule has 0 atom stereocenters. The zero-order chi connectivity index (χ0) is 25.0. The zero-order valence-corrected chi connectivity index (χ0v) is 20.4. The number of hydrogen-bond donors (Lipinski definition) is 3. The normalized spacial score (nSPS) is 10.5. The number of ether oxygens (including phenoxy) is 2. The largest absolute Gasteiger partial charge is 0.497 e. The topological polar surface area (TPSA) is 118 Å². The molecule has 0 fully saturated rings. The molecular weight excluding hydrogens is 516 g/mol. The Morgan fingerprint density at radius 2 is 1.66 bits per heavy atom. The number of methoxy groups -OCH3 is 1. The number of carbonyl (C=O) groups excluding carboxylic acids is 3. The first-order valence-corrected chi connectivity index (χ1v) is 11.3. The SMILES string of the molecule is COc1ccc(CNC(=O)C(=O)N/N=C\c2ccccc2OCC(=O)Nc2ccc(Br)cc2)cc1. The third kappa shape index (κ3) is 8.27. The van der Waals surface area contributed by atoms with Crippen LogP contribution in [-0.4, -0.2) is 37.7 Å². The lowest BCUT2D eigenvalue weighted by Crippen LogP contribution is -2.37. The molecule has 0 aliphatic carbocycles. The minimum absolute atomic E-state index is 0.180. The average Bonchev–Trinajstić information content (AvgIpc) is 2.88. The van der Waals surface area contributed by atoms with Crippen molar-refractivity contribution >= 4 is 45.6 Å². The van der Waals surface area contributed by atoms with Crippen LogP contribution in [-0.2, 0) is 20.9 Å². The number of hydrazone groups is 1. The van der Waals surface area contributed by atoms with E-state index in [4.69, 9.17) is 9.47 Å². The first-order chi connectivity index (χ1) is 16.9.